The Morgan fingerprint density at radius 3 is 3.11 bits per heavy atom. The van der Waals surface area contributed by atoms with Crippen molar-refractivity contribution in [2.24, 2.45) is 0 Å². The molecule has 0 aliphatic carbocycles. The third-order valence-electron chi connectivity index (χ3n) is 2.75. The highest BCUT2D eigenvalue weighted by molar-refractivity contribution is 7.11. The summed E-state index contributed by atoms with van der Waals surface area (Å²) in [4.78, 5) is 5.31. The summed E-state index contributed by atoms with van der Waals surface area (Å²) in [6.07, 6.45) is 4.02. The Hall–Kier alpha value is -1.86. The summed E-state index contributed by atoms with van der Waals surface area (Å²) in [5, 5.41) is 9.63. The van der Waals surface area contributed by atoms with E-state index in [-0.39, 0.29) is 0 Å². The zero-order valence-corrected chi connectivity index (χ0v) is 11.7. The molecule has 3 nitrogen and oxygen atoms in total. The van der Waals surface area contributed by atoms with E-state index >= 15 is 0 Å². The van der Waals surface area contributed by atoms with Gasteiger partial charge >= 0.3 is 0 Å². The number of nitrogens with zero attached hydrogens (tertiary/aromatic N) is 2. The molecule has 4 heteroatoms. The fourth-order valence-corrected chi connectivity index (χ4v) is 2.57. The normalized spacial score (nSPS) is 10.1. The van der Waals surface area contributed by atoms with E-state index in [1.165, 1.54) is 5.56 Å². The summed E-state index contributed by atoms with van der Waals surface area (Å²) in [6.45, 7) is 2.75. The van der Waals surface area contributed by atoms with Crippen molar-refractivity contribution in [2.45, 2.75) is 26.2 Å². The van der Waals surface area contributed by atoms with Gasteiger partial charge in [-0.15, -0.1) is 11.3 Å². The first-order valence-electron chi connectivity index (χ1n) is 6.34. The van der Waals surface area contributed by atoms with Gasteiger partial charge in [0.2, 0.25) is 0 Å². The van der Waals surface area contributed by atoms with Crippen LogP contribution in [-0.2, 0) is 19.3 Å². The molecule has 0 aliphatic heterocycles. The molecule has 0 spiro atoms. The third-order valence-corrected chi connectivity index (χ3v) is 3.80. The quantitative estimate of drug-likeness (QED) is 0.809. The Labute approximate surface area is 117 Å². The van der Waals surface area contributed by atoms with Crippen molar-refractivity contribution >= 4 is 11.3 Å². The summed E-state index contributed by atoms with van der Waals surface area (Å²) in [7, 11) is 0. The number of aryl methyl sites for hydroxylation is 1. The lowest BCUT2D eigenvalue weighted by atomic mass is 10.2. The summed E-state index contributed by atoms with van der Waals surface area (Å²) >= 11 is 1.59. The molecule has 2 rings (SSSR count). The lowest BCUT2D eigenvalue weighted by molar-refractivity contribution is 0.321. The number of rotatable bonds is 6. The third kappa shape index (κ3) is 4.08. The van der Waals surface area contributed by atoms with Crippen LogP contribution in [0.3, 0.4) is 0 Å². The molecule has 0 unspecified atom stereocenters. The number of aromatic nitrogens is 1. The first kappa shape index (κ1) is 13.6. The van der Waals surface area contributed by atoms with Crippen LogP contribution in [0.2, 0.25) is 0 Å². The second kappa shape index (κ2) is 6.91. The van der Waals surface area contributed by atoms with Gasteiger partial charge in [0.25, 0.3) is 0 Å². The number of thiazole rings is 1. The van der Waals surface area contributed by atoms with Crippen LogP contribution in [-0.4, -0.2) is 11.6 Å². The van der Waals surface area contributed by atoms with E-state index in [9.17, 15) is 0 Å². The molecule has 2 aromatic rings. The zero-order chi connectivity index (χ0) is 13.5. The van der Waals surface area contributed by atoms with Crippen molar-refractivity contribution in [1.82, 2.24) is 4.98 Å². The first-order chi connectivity index (χ1) is 9.31. The molecule has 0 fully saturated rings. The molecule has 0 saturated carbocycles. The van der Waals surface area contributed by atoms with Gasteiger partial charge in [-0.25, -0.2) is 4.98 Å². The van der Waals surface area contributed by atoms with E-state index in [4.69, 9.17) is 10.00 Å². The second-order valence-corrected chi connectivity index (χ2v) is 5.35. The summed E-state index contributed by atoms with van der Waals surface area (Å²) < 4.78 is 5.72. The van der Waals surface area contributed by atoms with Gasteiger partial charge in [0.15, 0.2) is 0 Å². The van der Waals surface area contributed by atoms with Crippen LogP contribution in [0.4, 0.5) is 0 Å². The number of nitriles is 1. The number of hydrogen-bond donors (Lipinski definition) is 0. The van der Waals surface area contributed by atoms with Gasteiger partial charge in [-0.3, -0.25) is 0 Å². The standard InChI is InChI=1S/C15H16N2OS/c1-2-12-4-3-5-13(10-12)18-9-7-15-17-11-14(19-15)6-8-16/h3-5,10-11H,2,6-7,9H2,1H3. The largest absolute Gasteiger partial charge is 0.493 e. The lowest BCUT2D eigenvalue weighted by Crippen LogP contribution is -2.01. The van der Waals surface area contributed by atoms with Crippen molar-refractivity contribution in [1.29, 1.82) is 5.26 Å². The van der Waals surface area contributed by atoms with E-state index in [1.54, 1.807) is 17.5 Å². The van der Waals surface area contributed by atoms with Gasteiger partial charge in [-0.1, -0.05) is 19.1 Å². The van der Waals surface area contributed by atoms with E-state index in [0.29, 0.717) is 13.0 Å². The lowest BCUT2D eigenvalue weighted by Gasteiger charge is -2.06. The number of ether oxygens (including phenoxy) is 1. The number of benzene rings is 1. The van der Waals surface area contributed by atoms with Crippen molar-refractivity contribution in [3.05, 3.63) is 45.9 Å². The molecular weight excluding hydrogens is 256 g/mol. The molecule has 0 N–H and O–H groups in total. The highest BCUT2D eigenvalue weighted by atomic mass is 32.1. The summed E-state index contributed by atoms with van der Waals surface area (Å²) in [5.74, 6) is 0.910. The van der Waals surface area contributed by atoms with E-state index in [1.807, 2.05) is 12.1 Å². The topological polar surface area (TPSA) is 45.9 Å². The van der Waals surface area contributed by atoms with Gasteiger partial charge in [0, 0.05) is 17.5 Å². The zero-order valence-electron chi connectivity index (χ0n) is 10.9. The molecule has 0 bridgehead atoms. The minimum Gasteiger partial charge on any atom is -0.493 e. The average Bonchev–Trinajstić information content (AvgIpc) is 2.87. The van der Waals surface area contributed by atoms with Crippen LogP contribution in [0.1, 0.15) is 22.4 Å². The Kier molecular flexibility index (Phi) is 4.93. The van der Waals surface area contributed by atoms with E-state index in [0.717, 1.165) is 28.5 Å². The van der Waals surface area contributed by atoms with Crippen molar-refractivity contribution in [2.75, 3.05) is 6.61 Å². The molecule has 98 valence electrons. The van der Waals surface area contributed by atoms with E-state index < -0.39 is 0 Å². The maximum Gasteiger partial charge on any atom is 0.119 e. The van der Waals surface area contributed by atoms with Crippen LogP contribution in [0.15, 0.2) is 30.5 Å². The van der Waals surface area contributed by atoms with Crippen LogP contribution in [0.5, 0.6) is 5.75 Å². The Morgan fingerprint density at radius 2 is 2.32 bits per heavy atom. The monoisotopic (exact) mass is 272 g/mol. The predicted octanol–water partition coefficient (Wildman–Crippen LogP) is 3.39. The second-order valence-electron chi connectivity index (χ2n) is 4.15. The van der Waals surface area contributed by atoms with Crippen LogP contribution < -0.4 is 4.74 Å². The first-order valence-corrected chi connectivity index (χ1v) is 7.15. The van der Waals surface area contributed by atoms with Gasteiger partial charge in [-0.05, 0) is 24.1 Å². The van der Waals surface area contributed by atoms with E-state index in [2.05, 4.69) is 30.1 Å². The van der Waals surface area contributed by atoms with Crippen molar-refractivity contribution in [3.63, 3.8) is 0 Å². The molecule has 19 heavy (non-hydrogen) atoms. The highest BCUT2D eigenvalue weighted by Crippen LogP contribution is 2.16. The molecule has 1 aromatic heterocycles. The Balaban J connectivity index is 1.83. The van der Waals surface area contributed by atoms with Crippen LogP contribution >= 0.6 is 11.3 Å². The molecule has 0 saturated heterocycles. The Bertz CT molecular complexity index is 572. The van der Waals surface area contributed by atoms with Crippen molar-refractivity contribution in [3.8, 4) is 11.8 Å². The average molecular weight is 272 g/mol. The minimum atomic E-state index is 0.442. The predicted molar refractivity (Wildman–Crippen MR) is 76.5 cm³/mol. The SMILES string of the molecule is CCc1cccc(OCCc2ncc(CC#N)s2)c1. The smallest absolute Gasteiger partial charge is 0.119 e. The summed E-state index contributed by atoms with van der Waals surface area (Å²) in [5.41, 5.74) is 1.28. The molecule has 0 aliphatic rings. The van der Waals surface area contributed by atoms with Gasteiger partial charge < -0.3 is 4.74 Å². The van der Waals surface area contributed by atoms with Gasteiger partial charge in [0.05, 0.1) is 24.1 Å². The highest BCUT2D eigenvalue weighted by Gasteiger charge is 2.02. The molecular formula is C15H16N2OS. The van der Waals surface area contributed by atoms with Gasteiger partial charge in [0.1, 0.15) is 5.75 Å². The minimum absolute atomic E-state index is 0.442. The molecule has 0 atom stereocenters. The maximum absolute atomic E-state index is 8.61. The fourth-order valence-electron chi connectivity index (χ4n) is 1.73. The summed E-state index contributed by atoms with van der Waals surface area (Å²) in [6, 6.07) is 10.3. The maximum atomic E-state index is 8.61. The van der Waals surface area contributed by atoms with Crippen LogP contribution in [0, 0.1) is 11.3 Å². The Morgan fingerprint density at radius 1 is 1.42 bits per heavy atom. The molecule has 1 aromatic carbocycles. The van der Waals surface area contributed by atoms with Gasteiger partial charge in [-0.2, -0.15) is 5.26 Å². The van der Waals surface area contributed by atoms with Crippen LogP contribution in [0.25, 0.3) is 0 Å². The molecule has 0 amide bonds. The van der Waals surface area contributed by atoms with Crippen molar-refractivity contribution < 1.29 is 4.74 Å². The molecule has 1 heterocycles. The fraction of sp³-hybridized carbons (Fsp3) is 0.333. The number of hydrogen-bond acceptors (Lipinski definition) is 4. The molecule has 0 radical (unpaired) electrons.